The molecule has 3 nitrogen and oxygen atoms in total. The molecule has 3 aliphatic heterocycles. The third-order valence-corrected chi connectivity index (χ3v) is 4.27. The molecular formula is C10H14O3. The summed E-state index contributed by atoms with van der Waals surface area (Å²) in [4.78, 5) is 11.6. The molecule has 0 amide bonds. The molecule has 3 fully saturated rings. The van der Waals surface area contributed by atoms with Gasteiger partial charge in [-0.1, -0.05) is 0 Å². The van der Waals surface area contributed by atoms with Crippen LogP contribution in [0, 0.1) is 11.3 Å². The van der Waals surface area contributed by atoms with E-state index in [1.807, 2.05) is 6.92 Å². The first-order chi connectivity index (χ1) is 6.07. The van der Waals surface area contributed by atoms with Crippen molar-refractivity contribution in [3.63, 3.8) is 0 Å². The van der Waals surface area contributed by atoms with Gasteiger partial charge in [0.15, 0.2) is 0 Å². The minimum atomic E-state index is -0.340. The molecule has 3 saturated heterocycles. The first-order valence-electron chi connectivity index (χ1n) is 4.92. The van der Waals surface area contributed by atoms with Gasteiger partial charge in [-0.15, -0.1) is 0 Å². The van der Waals surface area contributed by atoms with Crippen molar-refractivity contribution < 1.29 is 14.3 Å². The van der Waals surface area contributed by atoms with Crippen LogP contribution in [0.5, 0.6) is 0 Å². The van der Waals surface area contributed by atoms with Crippen LogP contribution in [0.1, 0.15) is 26.7 Å². The molecular weight excluding hydrogens is 168 g/mol. The summed E-state index contributed by atoms with van der Waals surface area (Å²) < 4.78 is 11.0. The molecule has 0 saturated carbocycles. The lowest BCUT2D eigenvalue weighted by Crippen LogP contribution is -2.43. The summed E-state index contributed by atoms with van der Waals surface area (Å²) in [5.41, 5.74) is -0.432. The highest BCUT2D eigenvalue weighted by molar-refractivity contribution is 5.80. The Balaban J connectivity index is 2.10. The largest absolute Gasteiger partial charge is 0.465 e. The monoisotopic (exact) mass is 182 g/mol. The number of fused-ring (bicyclic) bond motifs is 5. The second-order valence-corrected chi connectivity index (χ2v) is 4.89. The van der Waals surface area contributed by atoms with E-state index in [9.17, 15) is 4.79 Å². The molecule has 3 heteroatoms. The van der Waals surface area contributed by atoms with Gasteiger partial charge < -0.3 is 9.47 Å². The Hall–Kier alpha value is -0.570. The van der Waals surface area contributed by atoms with E-state index in [1.54, 1.807) is 0 Å². The van der Waals surface area contributed by atoms with E-state index in [1.165, 1.54) is 0 Å². The smallest absolute Gasteiger partial charge is 0.314 e. The maximum atomic E-state index is 11.6. The van der Waals surface area contributed by atoms with Crippen LogP contribution < -0.4 is 0 Å². The Labute approximate surface area is 77.4 Å². The van der Waals surface area contributed by atoms with Crippen molar-refractivity contribution in [2.75, 3.05) is 6.61 Å². The summed E-state index contributed by atoms with van der Waals surface area (Å²) in [5, 5.41) is 0. The molecule has 0 aromatic heterocycles. The lowest BCUT2D eigenvalue weighted by molar-refractivity contribution is -0.149. The molecule has 13 heavy (non-hydrogen) atoms. The van der Waals surface area contributed by atoms with Crippen molar-refractivity contribution in [2.24, 2.45) is 11.3 Å². The molecule has 0 unspecified atom stereocenters. The fourth-order valence-corrected chi connectivity index (χ4v) is 3.34. The van der Waals surface area contributed by atoms with Gasteiger partial charge in [-0.2, -0.15) is 0 Å². The van der Waals surface area contributed by atoms with Gasteiger partial charge in [-0.25, -0.2) is 0 Å². The predicted molar refractivity (Wildman–Crippen MR) is 45.1 cm³/mol. The third-order valence-electron chi connectivity index (χ3n) is 4.27. The highest BCUT2D eigenvalue weighted by Gasteiger charge is 2.70. The van der Waals surface area contributed by atoms with E-state index in [0.29, 0.717) is 6.61 Å². The van der Waals surface area contributed by atoms with Crippen LogP contribution in [0.25, 0.3) is 0 Å². The molecule has 4 atom stereocenters. The fraction of sp³-hybridized carbons (Fsp3) is 0.900. The van der Waals surface area contributed by atoms with Gasteiger partial charge in [-0.3, -0.25) is 4.79 Å². The van der Waals surface area contributed by atoms with Crippen LogP contribution in [-0.2, 0) is 14.3 Å². The van der Waals surface area contributed by atoms with E-state index >= 15 is 0 Å². The zero-order valence-electron chi connectivity index (χ0n) is 8.00. The van der Waals surface area contributed by atoms with Crippen molar-refractivity contribution in [1.29, 1.82) is 0 Å². The van der Waals surface area contributed by atoms with E-state index < -0.39 is 0 Å². The summed E-state index contributed by atoms with van der Waals surface area (Å²) in [6.07, 6.45) is 2.20. The minimum absolute atomic E-state index is 0.0501. The Kier molecular flexibility index (Phi) is 1.15. The van der Waals surface area contributed by atoms with E-state index in [4.69, 9.17) is 9.47 Å². The van der Waals surface area contributed by atoms with Gasteiger partial charge in [0.2, 0.25) is 0 Å². The highest BCUT2D eigenvalue weighted by Crippen LogP contribution is 2.60. The summed E-state index contributed by atoms with van der Waals surface area (Å²) in [5.74, 6) is 0.233. The van der Waals surface area contributed by atoms with E-state index in [2.05, 4.69) is 6.92 Å². The van der Waals surface area contributed by atoms with Gasteiger partial charge in [0, 0.05) is 5.92 Å². The SMILES string of the molecule is C[C@@]12C(=O)OC[C@@H]1[C@]1(C)CC[C@H]2O1. The number of hydrogen-bond donors (Lipinski definition) is 0. The molecule has 0 aromatic rings. The topological polar surface area (TPSA) is 35.5 Å². The summed E-state index contributed by atoms with van der Waals surface area (Å²) >= 11 is 0. The van der Waals surface area contributed by atoms with E-state index in [0.717, 1.165) is 12.8 Å². The predicted octanol–water partition coefficient (Wildman–Crippen LogP) is 1.12. The van der Waals surface area contributed by atoms with Gasteiger partial charge in [0.1, 0.15) is 5.41 Å². The lowest BCUT2D eigenvalue weighted by Gasteiger charge is -2.31. The molecule has 3 heterocycles. The van der Waals surface area contributed by atoms with Crippen LogP contribution in [-0.4, -0.2) is 24.3 Å². The number of rotatable bonds is 0. The summed E-state index contributed by atoms with van der Waals surface area (Å²) in [7, 11) is 0. The van der Waals surface area contributed by atoms with Gasteiger partial charge in [0.25, 0.3) is 0 Å². The third kappa shape index (κ3) is 0.654. The molecule has 3 rings (SSSR count). The molecule has 2 bridgehead atoms. The summed E-state index contributed by atoms with van der Waals surface area (Å²) in [6, 6.07) is 0. The first kappa shape index (κ1) is 7.80. The van der Waals surface area contributed by atoms with Crippen molar-refractivity contribution in [2.45, 2.75) is 38.4 Å². The number of esters is 1. The molecule has 0 aromatic carbocycles. The molecule has 0 radical (unpaired) electrons. The fourth-order valence-electron chi connectivity index (χ4n) is 3.34. The van der Waals surface area contributed by atoms with Crippen LogP contribution in [0.2, 0.25) is 0 Å². The Morgan fingerprint density at radius 3 is 2.92 bits per heavy atom. The molecule has 3 aliphatic rings. The van der Waals surface area contributed by atoms with Crippen molar-refractivity contribution in [3.8, 4) is 0 Å². The molecule has 72 valence electrons. The normalized spacial score (nSPS) is 58.2. The van der Waals surface area contributed by atoms with Crippen LogP contribution in [0.15, 0.2) is 0 Å². The van der Waals surface area contributed by atoms with Gasteiger partial charge in [-0.05, 0) is 26.7 Å². The van der Waals surface area contributed by atoms with Crippen molar-refractivity contribution in [1.82, 2.24) is 0 Å². The number of carbonyl (C=O) groups excluding carboxylic acids is 1. The Bertz CT molecular complexity index is 288. The first-order valence-corrected chi connectivity index (χ1v) is 4.92. The number of hydrogen-bond acceptors (Lipinski definition) is 3. The average Bonchev–Trinajstić information content (AvgIpc) is 2.63. The maximum absolute atomic E-state index is 11.6. The zero-order chi connectivity index (χ0) is 9.27. The molecule has 0 N–H and O–H groups in total. The number of cyclic esters (lactones) is 1. The second-order valence-electron chi connectivity index (χ2n) is 4.89. The lowest BCUT2D eigenvalue weighted by atomic mass is 9.65. The Morgan fingerprint density at radius 1 is 1.46 bits per heavy atom. The standard InChI is InChI=1S/C10H14O3/c1-9-4-3-7(13-9)10(2)6(9)5-12-8(10)11/h6-7H,3-5H2,1-2H3/t6-,7-,9+,10-/m1/s1. The Morgan fingerprint density at radius 2 is 2.23 bits per heavy atom. The molecule has 0 aliphatic carbocycles. The van der Waals surface area contributed by atoms with Gasteiger partial charge >= 0.3 is 5.97 Å². The molecule has 0 spiro atoms. The van der Waals surface area contributed by atoms with Crippen LogP contribution in [0.4, 0.5) is 0 Å². The maximum Gasteiger partial charge on any atom is 0.314 e. The quantitative estimate of drug-likeness (QED) is 0.526. The number of carbonyl (C=O) groups is 1. The average molecular weight is 182 g/mol. The highest BCUT2D eigenvalue weighted by atomic mass is 16.6. The van der Waals surface area contributed by atoms with Gasteiger partial charge in [0.05, 0.1) is 18.3 Å². The van der Waals surface area contributed by atoms with Crippen molar-refractivity contribution in [3.05, 3.63) is 0 Å². The second kappa shape index (κ2) is 1.92. The zero-order valence-corrected chi connectivity index (χ0v) is 8.00. The number of ether oxygens (including phenoxy) is 2. The van der Waals surface area contributed by atoms with Crippen LogP contribution >= 0.6 is 0 Å². The minimum Gasteiger partial charge on any atom is -0.465 e. The summed E-state index contributed by atoms with van der Waals surface area (Å²) in [6.45, 7) is 4.68. The van der Waals surface area contributed by atoms with E-state index in [-0.39, 0.29) is 29.0 Å². The van der Waals surface area contributed by atoms with Crippen molar-refractivity contribution >= 4 is 5.97 Å². The van der Waals surface area contributed by atoms with Crippen LogP contribution in [0.3, 0.4) is 0 Å².